The number of rotatable bonds is 6. The summed E-state index contributed by atoms with van der Waals surface area (Å²) >= 11 is 7.05. The minimum Gasteiger partial charge on any atom is -0.508 e. The van der Waals surface area contributed by atoms with Crippen LogP contribution in [0, 0.1) is 0 Å². The number of benzene rings is 1. The first-order valence-corrected chi connectivity index (χ1v) is 9.61. The van der Waals surface area contributed by atoms with E-state index in [1.165, 1.54) is 41.8 Å². The maximum Gasteiger partial charge on any atom is 0.345 e. The normalized spacial score (nSPS) is 12.1. The highest BCUT2D eigenvalue weighted by molar-refractivity contribution is 7.18. The van der Waals surface area contributed by atoms with E-state index < -0.39 is 11.5 Å². The van der Waals surface area contributed by atoms with Crippen LogP contribution in [0.25, 0.3) is 21.4 Å². The molecule has 0 fully saturated rings. The molecule has 148 valence electrons. The second kappa shape index (κ2) is 9.22. The summed E-state index contributed by atoms with van der Waals surface area (Å²) in [6.07, 6.45) is 9.40. The van der Waals surface area contributed by atoms with Gasteiger partial charge >= 0.3 is 5.63 Å². The molecule has 0 bridgehead atoms. The summed E-state index contributed by atoms with van der Waals surface area (Å²) in [6, 6.07) is 6.21. The van der Waals surface area contributed by atoms with Crippen LogP contribution in [0.2, 0.25) is 0 Å². The van der Waals surface area contributed by atoms with Crippen LogP contribution in [0.4, 0.5) is 5.13 Å². The van der Waals surface area contributed by atoms with Crippen LogP contribution in [0.3, 0.4) is 0 Å². The van der Waals surface area contributed by atoms with E-state index in [9.17, 15) is 14.7 Å². The van der Waals surface area contributed by atoms with Gasteiger partial charge in [0.15, 0.2) is 0 Å². The molecule has 0 aliphatic carbocycles. The number of carbonyl (C=O) groups is 1. The van der Waals surface area contributed by atoms with Crippen molar-refractivity contribution < 1.29 is 14.3 Å². The number of nitrogens with zero attached hydrogens (tertiary/aromatic N) is 1. The van der Waals surface area contributed by atoms with Gasteiger partial charge in [-0.3, -0.25) is 15.6 Å². The molecule has 2 heterocycles. The number of phenolic OH excluding ortho intramolecular Hbond substituents is 1. The number of allylic oxidation sites excluding steroid dienone is 5. The monoisotopic (exact) mass is 429 g/mol. The average Bonchev–Trinajstić information content (AvgIpc) is 3.15. The first-order valence-electron chi connectivity index (χ1n) is 8.42. The summed E-state index contributed by atoms with van der Waals surface area (Å²) < 4.78 is 5.26. The molecule has 0 aliphatic heterocycles. The Labute approximate surface area is 174 Å². The van der Waals surface area contributed by atoms with Crippen molar-refractivity contribution in [2.75, 3.05) is 5.43 Å². The molecule has 29 heavy (non-hydrogen) atoms. The van der Waals surface area contributed by atoms with E-state index in [1.54, 1.807) is 30.4 Å². The van der Waals surface area contributed by atoms with Gasteiger partial charge in [0, 0.05) is 28.8 Å². The molecule has 0 saturated heterocycles. The summed E-state index contributed by atoms with van der Waals surface area (Å²) in [6.45, 7) is 1.84. The molecule has 1 aromatic carbocycles. The number of halogens is 1. The van der Waals surface area contributed by atoms with Gasteiger partial charge in [-0.1, -0.05) is 35.1 Å². The fraction of sp³-hybridized carbons (Fsp3) is 0.0500. The molecule has 3 aromatic rings. The number of anilines is 1. The topological polar surface area (TPSA) is 104 Å². The number of hydrogen-bond acceptors (Lipinski definition) is 7. The zero-order valence-electron chi connectivity index (χ0n) is 15.2. The number of nitrogens with one attached hydrogen (secondary N) is 2. The molecule has 1 amide bonds. The zero-order valence-corrected chi connectivity index (χ0v) is 16.8. The molecule has 3 N–H and O–H groups in total. The molecule has 0 atom stereocenters. The lowest BCUT2D eigenvalue weighted by molar-refractivity contribution is -0.116. The Bertz CT molecular complexity index is 1190. The van der Waals surface area contributed by atoms with E-state index in [2.05, 4.69) is 15.8 Å². The van der Waals surface area contributed by atoms with Gasteiger partial charge in [0.05, 0.1) is 10.4 Å². The average molecular weight is 430 g/mol. The van der Waals surface area contributed by atoms with Gasteiger partial charge in [0.1, 0.15) is 11.3 Å². The molecule has 0 radical (unpaired) electrons. The predicted octanol–water partition coefficient (Wildman–Crippen LogP) is 4.32. The molecule has 7 nitrogen and oxygen atoms in total. The number of phenols is 1. The molecular weight excluding hydrogens is 414 g/mol. The van der Waals surface area contributed by atoms with Gasteiger partial charge in [0.25, 0.3) is 5.91 Å². The third-order valence-corrected chi connectivity index (χ3v) is 4.81. The fourth-order valence-corrected chi connectivity index (χ4v) is 3.30. The van der Waals surface area contributed by atoms with Crippen molar-refractivity contribution in [1.82, 2.24) is 10.4 Å². The maximum atomic E-state index is 12.3. The van der Waals surface area contributed by atoms with Gasteiger partial charge in [-0.2, -0.15) is 0 Å². The lowest BCUT2D eigenvalue weighted by Crippen LogP contribution is -2.27. The highest BCUT2D eigenvalue weighted by atomic mass is 35.5. The minimum atomic E-state index is -0.546. The molecule has 0 unspecified atom stereocenters. The van der Waals surface area contributed by atoms with E-state index in [4.69, 9.17) is 16.0 Å². The number of aromatic hydroxyl groups is 1. The predicted molar refractivity (Wildman–Crippen MR) is 115 cm³/mol. The maximum absolute atomic E-state index is 12.3. The number of amides is 1. The van der Waals surface area contributed by atoms with E-state index in [0.717, 1.165) is 0 Å². The Hall–Kier alpha value is -3.36. The Morgan fingerprint density at radius 3 is 2.93 bits per heavy atom. The van der Waals surface area contributed by atoms with Crippen molar-refractivity contribution in [2.24, 2.45) is 0 Å². The molecule has 2 aromatic heterocycles. The molecule has 0 saturated carbocycles. The number of carbonyl (C=O) groups excluding carboxylic acids is 1. The highest BCUT2D eigenvalue weighted by Gasteiger charge is 2.12. The molecular formula is C20H16ClN3O4S. The molecule has 0 aliphatic rings. The Morgan fingerprint density at radius 2 is 2.14 bits per heavy atom. The molecule has 9 heteroatoms. The second-order valence-electron chi connectivity index (χ2n) is 5.72. The summed E-state index contributed by atoms with van der Waals surface area (Å²) in [7, 11) is 0. The number of hydrogen-bond donors (Lipinski definition) is 3. The first kappa shape index (κ1) is 20.4. The van der Waals surface area contributed by atoms with Crippen molar-refractivity contribution in [3.63, 3.8) is 0 Å². The fourth-order valence-electron chi connectivity index (χ4n) is 2.33. The van der Waals surface area contributed by atoms with E-state index >= 15 is 0 Å². The third-order valence-electron chi connectivity index (χ3n) is 3.61. The summed E-state index contributed by atoms with van der Waals surface area (Å²) in [5.41, 5.74) is 5.24. The summed E-state index contributed by atoms with van der Waals surface area (Å²) in [4.78, 5) is 28.8. The standard InChI is InChI=1S/C20H16ClN3O4S/c1-2-4-13(21)5-3-6-18(26)23-24-20-22-11-17(29-20)15-9-12-7-8-14(25)10-16(12)28-19(15)27/h2-11,25H,1H3,(H,22,24)(H,23,26)/b4-2-,6-3+,13-5+. The minimum absolute atomic E-state index is 0.0158. The van der Waals surface area contributed by atoms with Gasteiger partial charge in [0.2, 0.25) is 5.13 Å². The van der Waals surface area contributed by atoms with Gasteiger partial charge in [-0.25, -0.2) is 9.78 Å². The number of thiazole rings is 1. The Morgan fingerprint density at radius 1 is 1.31 bits per heavy atom. The van der Waals surface area contributed by atoms with Gasteiger partial charge in [-0.15, -0.1) is 0 Å². The Balaban J connectivity index is 1.69. The summed E-state index contributed by atoms with van der Waals surface area (Å²) in [5, 5.41) is 11.1. The largest absolute Gasteiger partial charge is 0.508 e. The van der Waals surface area contributed by atoms with Crippen LogP contribution in [0.15, 0.2) is 75.1 Å². The van der Waals surface area contributed by atoms with E-state index in [-0.39, 0.29) is 5.75 Å². The van der Waals surface area contributed by atoms with Crippen LogP contribution in [0.5, 0.6) is 5.75 Å². The first-order chi connectivity index (χ1) is 14.0. The quantitative estimate of drug-likeness (QED) is 0.233. The van der Waals surface area contributed by atoms with Crippen LogP contribution in [0.1, 0.15) is 6.92 Å². The SMILES string of the molecule is C\C=C/C(Cl)=C\C=C\C(=O)NNc1ncc(-c2cc3ccc(O)cc3oc2=O)s1. The van der Waals surface area contributed by atoms with Crippen LogP contribution < -0.4 is 16.5 Å². The van der Waals surface area contributed by atoms with Gasteiger partial charge < -0.3 is 9.52 Å². The van der Waals surface area contributed by atoms with E-state index in [0.29, 0.717) is 31.6 Å². The number of fused-ring (bicyclic) bond motifs is 1. The second-order valence-corrected chi connectivity index (χ2v) is 7.19. The van der Waals surface area contributed by atoms with Crippen molar-refractivity contribution in [2.45, 2.75) is 6.92 Å². The van der Waals surface area contributed by atoms with E-state index in [1.807, 2.05) is 6.92 Å². The zero-order chi connectivity index (χ0) is 20.8. The smallest absolute Gasteiger partial charge is 0.345 e. The van der Waals surface area contributed by atoms with Gasteiger partial charge in [-0.05, 0) is 37.3 Å². The highest BCUT2D eigenvalue weighted by Crippen LogP contribution is 2.29. The number of aromatic nitrogens is 1. The Kier molecular flexibility index (Phi) is 6.48. The molecule has 0 spiro atoms. The third kappa shape index (κ3) is 5.34. The lowest BCUT2D eigenvalue weighted by atomic mass is 10.1. The summed E-state index contributed by atoms with van der Waals surface area (Å²) in [5.74, 6) is -0.380. The number of hydrazine groups is 1. The van der Waals surface area contributed by atoms with Crippen LogP contribution >= 0.6 is 22.9 Å². The lowest BCUT2D eigenvalue weighted by Gasteiger charge is -2.02. The van der Waals surface area contributed by atoms with Crippen molar-refractivity contribution in [1.29, 1.82) is 0 Å². The van der Waals surface area contributed by atoms with Crippen molar-refractivity contribution in [3.05, 3.63) is 76.3 Å². The molecule has 3 rings (SSSR count). The van der Waals surface area contributed by atoms with Crippen LogP contribution in [-0.4, -0.2) is 16.0 Å². The van der Waals surface area contributed by atoms with Crippen LogP contribution in [-0.2, 0) is 4.79 Å². The van der Waals surface area contributed by atoms with Crippen molar-refractivity contribution >= 4 is 44.9 Å². The van der Waals surface area contributed by atoms with Crippen molar-refractivity contribution in [3.8, 4) is 16.2 Å².